The highest BCUT2D eigenvalue weighted by atomic mass is 16.1. The van der Waals surface area contributed by atoms with Gasteiger partial charge in [0.25, 0.3) is 0 Å². The Balaban J connectivity index is 3.39. The molecule has 64 valence electrons. The average Bonchev–Trinajstić information content (AvgIpc) is 1.86. The van der Waals surface area contributed by atoms with Gasteiger partial charge in [-0.05, 0) is 13.3 Å². The molecule has 11 heavy (non-hydrogen) atoms. The van der Waals surface area contributed by atoms with E-state index in [1.807, 2.05) is 6.92 Å². The zero-order valence-corrected chi connectivity index (χ0v) is 7.31. The van der Waals surface area contributed by atoms with E-state index in [1.54, 1.807) is 6.92 Å². The van der Waals surface area contributed by atoms with Crippen molar-refractivity contribution in [2.75, 3.05) is 6.54 Å². The molecule has 1 amide bonds. The number of carbonyl (C=O) groups is 2. The molecule has 1 N–H and O–H groups in total. The van der Waals surface area contributed by atoms with E-state index in [9.17, 15) is 9.59 Å². The molecule has 0 aliphatic heterocycles. The van der Waals surface area contributed by atoms with Crippen LogP contribution in [0.1, 0.15) is 27.2 Å². The van der Waals surface area contributed by atoms with Gasteiger partial charge in [-0.3, -0.25) is 9.59 Å². The van der Waals surface area contributed by atoms with Crippen LogP contribution in [0.5, 0.6) is 0 Å². The minimum atomic E-state index is -0.0410. The lowest BCUT2D eigenvalue weighted by molar-refractivity contribution is -0.121. The van der Waals surface area contributed by atoms with E-state index < -0.39 is 0 Å². The third-order valence-corrected chi connectivity index (χ3v) is 1.65. The Morgan fingerprint density at radius 2 is 1.91 bits per heavy atom. The minimum Gasteiger partial charge on any atom is -0.356 e. The van der Waals surface area contributed by atoms with Crippen molar-refractivity contribution in [3.05, 3.63) is 0 Å². The highest BCUT2D eigenvalue weighted by Crippen LogP contribution is 2.00. The van der Waals surface area contributed by atoms with Crippen molar-refractivity contribution in [2.45, 2.75) is 27.2 Å². The van der Waals surface area contributed by atoms with Crippen molar-refractivity contribution in [2.24, 2.45) is 5.92 Å². The molecule has 0 radical (unpaired) electrons. The Hall–Kier alpha value is -0.860. The fourth-order valence-corrected chi connectivity index (χ4v) is 0.668. The molecule has 3 nitrogen and oxygen atoms in total. The van der Waals surface area contributed by atoms with Gasteiger partial charge in [0, 0.05) is 19.4 Å². The van der Waals surface area contributed by atoms with Crippen LogP contribution in [0, 0.1) is 5.92 Å². The fourth-order valence-electron chi connectivity index (χ4n) is 0.668. The SMILES string of the molecule is CC(=O)NCCC(C)C(C)=O. The third-order valence-electron chi connectivity index (χ3n) is 1.65. The lowest BCUT2D eigenvalue weighted by atomic mass is 10.0. The van der Waals surface area contributed by atoms with E-state index in [1.165, 1.54) is 6.92 Å². The second kappa shape index (κ2) is 4.88. The number of nitrogens with one attached hydrogen (secondary N) is 1. The Bertz CT molecular complexity index is 154. The van der Waals surface area contributed by atoms with E-state index in [0.29, 0.717) is 6.54 Å². The summed E-state index contributed by atoms with van der Waals surface area (Å²) in [7, 11) is 0. The first-order valence-corrected chi connectivity index (χ1v) is 3.79. The van der Waals surface area contributed by atoms with Gasteiger partial charge in [-0.2, -0.15) is 0 Å². The van der Waals surface area contributed by atoms with Crippen molar-refractivity contribution in [1.29, 1.82) is 0 Å². The van der Waals surface area contributed by atoms with Gasteiger partial charge in [0.05, 0.1) is 0 Å². The largest absolute Gasteiger partial charge is 0.356 e. The van der Waals surface area contributed by atoms with Gasteiger partial charge in [0.15, 0.2) is 0 Å². The molecule has 0 aromatic rings. The number of carbonyl (C=O) groups excluding carboxylic acids is 2. The first-order chi connectivity index (χ1) is 5.04. The predicted octanol–water partition coefficient (Wildman–Crippen LogP) is 0.738. The lowest BCUT2D eigenvalue weighted by Gasteiger charge is -2.06. The maximum atomic E-state index is 10.7. The summed E-state index contributed by atoms with van der Waals surface area (Å²) in [5.74, 6) is 0.193. The summed E-state index contributed by atoms with van der Waals surface area (Å²) in [5, 5.41) is 2.64. The molecule has 0 aromatic carbocycles. The lowest BCUT2D eigenvalue weighted by Crippen LogP contribution is -2.23. The molecule has 1 atom stereocenters. The monoisotopic (exact) mass is 157 g/mol. The molecule has 1 unspecified atom stereocenters. The summed E-state index contributed by atoms with van der Waals surface area (Å²) in [6.07, 6.45) is 0.731. The normalized spacial score (nSPS) is 12.3. The number of amides is 1. The second-order valence-electron chi connectivity index (χ2n) is 2.78. The van der Waals surface area contributed by atoms with Crippen LogP contribution in [0.25, 0.3) is 0 Å². The van der Waals surface area contributed by atoms with Crippen molar-refractivity contribution < 1.29 is 9.59 Å². The molecular formula is C8H15NO2. The van der Waals surface area contributed by atoms with Crippen LogP contribution in [-0.4, -0.2) is 18.2 Å². The fraction of sp³-hybridized carbons (Fsp3) is 0.750. The van der Waals surface area contributed by atoms with Gasteiger partial charge in [-0.1, -0.05) is 6.92 Å². The van der Waals surface area contributed by atoms with Crippen molar-refractivity contribution in [3.63, 3.8) is 0 Å². The summed E-state index contributed by atoms with van der Waals surface area (Å²) in [6.45, 7) is 5.50. The maximum absolute atomic E-state index is 10.7. The van der Waals surface area contributed by atoms with Gasteiger partial charge in [-0.15, -0.1) is 0 Å². The molecule has 0 spiro atoms. The van der Waals surface area contributed by atoms with Crippen LogP contribution >= 0.6 is 0 Å². The van der Waals surface area contributed by atoms with Gasteiger partial charge in [-0.25, -0.2) is 0 Å². The first-order valence-electron chi connectivity index (χ1n) is 3.79. The number of rotatable bonds is 4. The van der Waals surface area contributed by atoms with E-state index in [0.717, 1.165) is 6.42 Å². The zero-order valence-electron chi connectivity index (χ0n) is 7.31. The Morgan fingerprint density at radius 3 is 2.27 bits per heavy atom. The average molecular weight is 157 g/mol. The smallest absolute Gasteiger partial charge is 0.216 e. The van der Waals surface area contributed by atoms with Crippen molar-refractivity contribution in [3.8, 4) is 0 Å². The van der Waals surface area contributed by atoms with E-state index in [-0.39, 0.29) is 17.6 Å². The van der Waals surface area contributed by atoms with E-state index in [4.69, 9.17) is 0 Å². The number of hydrogen-bond donors (Lipinski definition) is 1. The molecule has 0 heterocycles. The molecule has 0 bridgehead atoms. The number of hydrogen-bond acceptors (Lipinski definition) is 2. The summed E-state index contributed by atoms with van der Waals surface area (Å²) in [6, 6.07) is 0. The molecule has 0 aliphatic rings. The highest BCUT2D eigenvalue weighted by Gasteiger charge is 2.06. The maximum Gasteiger partial charge on any atom is 0.216 e. The zero-order chi connectivity index (χ0) is 8.85. The van der Waals surface area contributed by atoms with Crippen LogP contribution in [-0.2, 0) is 9.59 Å². The van der Waals surface area contributed by atoms with Crippen LogP contribution in [0.4, 0.5) is 0 Å². The molecule has 3 heteroatoms. The molecule has 0 saturated carbocycles. The molecule has 0 aliphatic carbocycles. The number of ketones is 1. The Morgan fingerprint density at radius 1 is 1.36 bits per heavy atom. The summed E-state index contributed by atoms with van der Waals surface area (Å²) in [5.41, 5.74) is 0. The summed E-state index contributed by atoms with van der Waals surface area (Å²) in [4.78, 5) is 21.1. The van der Waals surface area contributed by atoms with Gasteiger partial charge in [0.1, 0.15) is 5.78 Å². The Labute approximate surface area is 67.2 Å². The summed E-state index contributed by atoms with van der Waals surface area (Å²) >= 11 is 0. The molecular weight excluding hydrogens is 142 g/mol. The quantitative estimate of drug-likeness (QED) is 0.654. The Kier molecular flexibility index (Phi) is 4.50. The number of Topliss-reactive ketones (excluding diaryl/α,β-unsaturated/α-hetero) is 1. The van der Waals surface area contributed by atoms with E-state index >= 15 is 0 Å². The minimum absolute atomic E-state index is 0.0410. The predicted molar refractivity (Wildman–Crippen MR) is 43.1 cm³/mol. The van der Waals surface area contributed by atoms with Crippen molar-refractivity contribution >= 4 is 11.7 Å². The van der Waals surface area contributed by atoms with Crippen LogP contribution in [0.15, 0.2) is 0 Å². The van der Waals surface area contributed by atoms with Gasteiger partial charge < -0.3 is 5.32 Å². The molecule has 0 fully saturated rings. The van der Waals surface area contributed by atoms with Gasteiger partial charge >= 0.3 is 0 Å². The second-order valence-corrected chi connectivity index (χ2v) is 2.78. The van der Waals surface area contributed by atoms with Crippen molar-refractivity contribution in [1.82, 2.24) is 5.32 Å². The van der Waals surface area contributed by atoms with Crippen LogP contribution < -0.4 is 5.32 Å². The molecule has 0 rings (SSSR count). The topological polar surface area (TPSA) is 46.2 Å². The molecule has 0 aromatic heterocycles. The molecule has 0 saturated heterocycles. The van der Waals surface area contributed by atoms with E-state index in [2.05, 4.69) is 5.32 Å². The summed E-state index contributed by atoms with van der Waals surface area (Å²) < 4.78 is 0. The third kappa shape index (κ3) is 5.58. The van der Waals surface area contributed by atoms with Gasteiger partial charge in [0.2, 0.25) is 5.91 Å². The highest BCUT2D eigenvalue weighted by molar-refractivity contribution is 5.78. The standard InChI is InChI=1S/C8H15NO2/c1-6(7(2)10)4-5-9-8(3)11/h6H,4-5H2,1-3H3,(H,9,11). The first kappa shape index (κ1) is 10.1. The van der Waals surface area contributed by atoms with Crippen LogP contribution in [0.2, 0.25) is 0 Å². The van der Waals surface area contributed by atoms with Crippen LogP contribution in [0.3, 0.4) is 0 Å².